The summed E-state index contributed by atoms with van der Waals surface area (Å²) < 4.78 is 5.77. The van der Waals surface area contributed by atoms with Crippen molar-refractivity contribution in [3.05, 3.63) is 40.4 Å². The number of hydrogen-bond donors (Lipinski definition) is 3. The minimum absolute atomic E-state index is 0.0779. The van der Waals surface area contributed by atoms with Crippen molar-refractivity contribution in [2.24, 2.45) is 0 Å². The van der Waals surface area contributed by atoms with E-state index in [4.69, 9.17) is 33.0 Å². The summed E-state index contributed by atoms with van der Waals surface area (Å²) >= 11 is 12.4. The van der Waals surface area contributed by atoms with Crippen molar-refractivity contribution in [2.45, 2.75) is 0 Å². The first-order valence-corrected chi connectivity index (χ1v) is 9.63. The quantitative estimate of drug-likeness (QED) is 0.366. The summed E-state index contributed by atoms with van der Waals surface area (Å²) in [7, 11) is 2.02. The molecule has 1 heterocycles. The van der Waals surface area contributed by atoms with Gasteiger partial charge in [0.25, 0.3) is 0 Å². The van der Waals surface area contributed by atoms with Gasteiger partial charge in [0.2, 0.25) is 0 Å². The predicted molar refractivity (Wildman–Crippen MR) is 111 cm³/mol. The number of anilines is 2. The Morgan fingerprint density at radius 2 is 1.77 bits per heavy atom. The fourth-order valence-corrected chi connectivity index (χ4v) is 3.49. The third-order valence-corrected chi connectivity index (χ3v) is 5.31. The number of carbonyl (C=O) groups excluding carboxylic acids is 1. The molecule has 0 aliphatic carbocycles. The van der Waals surface area contributed by atoms with Gasteiger partial charge in [-0.1, -0.05) is 23.2 Å². The SMILES string of the molecule is CN1CCN(c2cc(Oc3c(Cl)ccc(N(O)C(=O)C(=O)O)c3Cl)ccc2O)CC1. The van der Waals surface area contributed by atoms with Crippen LogP contribution in [0.2, 0.25) is 10.0 Å². The van der Waals surface area contributed by atoms with Gasteiger partial charge >= 0.3 is 11.9 Å². The summed E-state index contributed by atoms with van der Waals surface area (Å²) in [4.78, 5) is 26.6. The number of phenolic OH excluding ortho intramolecular Hbond substituents is 1. The fraction of sp³-hybridized carbons (Fsp3) is 0.263. The number of likely N-dealkylation sites (N-methyl/N-ethyl adjacent to an activating group) is 1. The molecule has 30 heavy (non-hydrogen) atoms. The Hall–Kier alpha value is -2.72. The molecule has 2 aromatic rings. The molecule has 0 spiro atoms. The molecule has 3 rings (SSSR count). The van der Waals surface area contributed by atoms with Crippen molar-refractivity contribution >= 4 is 46.5 Å². The number of nitrogens with zero attached hydrogens (tertiary/aromatic N) is 3. The van der Waals surface area contributed by atoms with Gasteiger partial charge in [-0.3, -0.25) is 10.0 Å². The highest BCUT2D eigenvalue weighted by molar-refractivity contribution is 6.41. The van der Waals surface area contributed by atoms with E-state index < -0.39 is 11.9 Å². The van der Waals surface area contributed by atoms with Crippen LogP contribution in [-0.2, 0) is 9.59 Å². The first kappa shape index (κ1) is 22.0. The Morgan fingerprint density at radius 3 is 2.40 bits per heavy atom. The van der Waals surface area contributed by atoms with Crippen molar-refractivity contribution < 1.29 is 29.7 Å². The zero-order valence-electron chi connectivity index (χ0n) is 15.9. The maximum Gasteiger partial charge on any atom is 0.397 e. The van der Waals surface area contributed by atoms with Gasteiger partial charge in [0.05, 0.1) is 16.4 Å². The summed E-state index contributed by atoms with van der Waals surface area (Å²) in [6.45, 7) is 3.13. The van der Waals surface area contributed by atoms with Gasteiger partial charge in [-0.05, 0) is 31.3 Å². The molecule has 160 valence electrons. The third-order valence-electron chi connectivity index (χ3n) is 4.64. The number of carboxylic acid groups (broad SMARTS) is 1. The maximum absolute atomic E-state index is 11.5. The summed E-state index contributed by atoms with van der Waals surface area (Å²) in [6.07, 6.45) is 0. The van der Waals surface area contributed by atoms with Crippen LogP contribution in [0.15, 0.2) is 30.3 Å². The summed E-state index contributed by atoms with van der Waals surface area (Å²) in [5, 5.41) is 28.6. The second kappa shape index (κ2) is 8.97. The van der Waals surface area contributed by atoms with E-state index in [-0.39, 0.29) is 32.3 Å². The lowest BCUT2D eigenvalue weighted by Crippen LogP contribution is -2.44. The van der Waals surface area contributed by atoms with Crippen LogP contribution < -0.4 is 14.7 Å². The second-order valence-electron chi connectivity index (χ2n) is 6.67. The molecule has 1 amide bonds. The number of carbonyl (C=O) groups is 2. The molecule has 1 fully saturated rings. The number of halogens is 2. The minimum atomic E-state index is -1.86. The number of amides is 1. The Kier molecular flexibility index (Phi) is 6.57. The van der Waals surface area contributed by atoms with Crippen molar-refractivity contribution in [3.8, 4) is 17.2 Å². The van der Waals surface area contributed by atoms with Gasteiger partial charge in [-0.25, -0.2) is 4.79 Å². The fourth-order valence-electron chi connectivity index (χ4n) is 2.96. The highest BCUT2D eigenvalue weighted by atomic mass is 35.5. The van der Waals surface area contributed by atoms with Crippen molar-refractivity contribution in [3.63, 3.8) is 0 Å². The van der Waals surface area contributed by atoms with E-state index in [2.05, 4.69) is 4.90 Å². The minimum Gasteiger partial charge on any atom is -0.506 e. The summed E-state index contributed by atoms with van der Waals surface area (Å²) in [5.41, 5.74) is 0.273. The van der Waals surface area contributed by atoms with Crippen molar-refractivity contribution in [1.29, 1.82) is 0 Å². The van der Waals surface area contributed by atoms with Gasteiger partial charge < -0.3 is 24.7 Å². The molecule has 0 saturated carbocycles. The van der Waals surface area contributed by atoms with Crippen LogP contribution in [0.1, 0.15) is 0 Å². The number of aromatic hydroxyl groups is 1. The Labute approximate surface area is 182 Å². The molecular formula is C19H19Cl2N3O6. The molecule has 1 saturated heterocycles. The van der Waals surface area contributed by atoms with E-state index >= 15 is 0 Å². The Morgan fingerprint density at radius 1 is 1.10 bits per heavy atom. The van der Waals surface area contributed by atoms with Crippen LogP contribution >= 0.6 is 23.2 Å². The number of benzene rings is 2. The molecule has 0 aromatic heterocycles. The molecule has 0 atom stereocenters. The van der Waals surface area contributed by atoms with Crippen LogP contribution in [0.3, 0.4) is 0 Å². The lowest BCUT2D eigenvalue weighted by molar-refractivity contribution is -0.151. The molecule has 1 aliphatic heterocycles. The molecule has 0 bridgehead atoms. The number of hydroxylamine groups is 1. The smallest absolute Gasteiger partial charge is 0.397 e. The van der Waals surface area contributed by atoms with Crippen molar-refractivity contribution in [2.75, 3.05) is 43.2 Å². The van der Waals surface area contributed by atoms with Gasteiger partial charge in [0, 0.05) is 32.2 Å². The second-order valence-corrected chi connectivity index (χ2v) is 7.46. The molecule has 3 N–H and O–H groups in total. The lowest BCUT2D eigenvalue weighted by Gasteiger charge is -2.34. The molecule has 9 nitrogen and oxygen atoms in total. The van der Waals surface area contributed by atoms with Crippen LogP contribution in [0, 0.1) is 0 Å². The van der Waals surface area contributed by atoms with Gasteiger partial charge in [0.15, 0.2) is 5.75 Å². The number of piperazine rings is 1. The summed E-state index contributed by atoms with van der Waals surface area (Å²) in [6, 6.07) is 7.09. The zero-order chi connectivity index (χ0) is 22.0. The number of hydrogen-bond acceptors (Lipinski definition) is 7. The van der Waals surface area contributed by atoms with E-state index in [1.807, 2.05) is 11.9 Å². The largest absolute Gasteiger partial charge is 0.506 e. The average Bonchev–Trinajstić information content (AvgIpc) is 2.72. The molecule has 11 heteroatoms. The molecule has 1 aliphatic rings. The van der Waals surface area contributed by atoms with E-state index in [0.29, 0.717) is 11.4 Å². The van der Waals surface area contributed by atoms with Crippen LogP contribution in [0.5, 0.6) is 17.2 Å². The van der Waals surface area contributed by atoms with Crippen LogP contribution in [0.25, 0.3) is 0 Å². The molecule has 0 radical (unpaired) electrons. The topological polar surface area (TPSA) is 114 Å². The Balaban J connectivity index is 1.91. The third kappa shape index (κ3) is 4.54. The van der Waals surface area contributed by atoms with Crippen molar-refractivity contribution in [1.82, 2.24) is 4.90 Å². The number of aliphatic carboxylic acids is 1. The lowest BCUT2D eigenvalue weighted by atomic mass is 10.2. The standard InChI is InChI=1S/C19H19Cl2N3O6/c1-22-6-8-23(9-7-22)14-10-11(2-5-15(14)25)30-17-12(20)3-4-13(16(17)21)24(29)18(26)19(27)28/h2-5,10,25,29H,6-9H2,1H3,(H,27,28). The summed E-state index contributed by atoms with van der Waals surface area (Å²) in [5.74, 6) is -3.14. The van der Waals surface area contributed by atoms with Gasteiger partial charge in [0.1, 0.15) is 16.5 Å². The first-order chi connectivity index (χ1) is 14.2. The highest BCUT2D eigenvalue weighted by Crippen LogP contribution is 2.43. The van der Waals surface area contributed by atoms with Gasteiger partial charge in [-0.2, -0.15) is 5.06 Å². The molecule has 2 aromatic carbocycles. The van der Waals surface area contributed by atoms with E-state index in [1.165, 1.54) is 24.3 Å². The van der Waals surface area contributed by atoms with E-state index in [1.54, 1.807) is 6.07 Å². The van der Waals surface area contributed by atoms with Crippen LogP contribution in [-0.4, -0.2) is 65.4 Å². The van der Waals surface area contributed by atoms with Gasteiger partial charge in [-0.15, -0.1) is 0 Å². The molecular weight excluding hydrogens is 437 g/mol. The molecule has 0 unspecified atom stereocenters. The monoisotopic (exact) mass is 455 g/mol. The number of carboxylic acids is 1. The normalized spacial score (nSPS) is 14.5. The predicted octanol–water partition coefficient (Wildman–Crippen LogP) is 3.05. The Bertz CT molecular complexity index is 979. The average molecular weight is 456 g/mol. The maximum atomic E-state index is 11.5. The van der Waals surface area contributed by atoms with E-state index in [0.717, 1.165) is 26.2 Å². The number of phenols is 1. The first-order valence-electron chi connectivity index (χ1n) is 8.87. The van der Waals surface area contributed by atoms with Crippen LogP contribution in [0.4, 0.5) is 11.4 Å². The number of rotatable bonds is 4. The zero-order valence-corrected chi connectivity index (χ0v) is 17.4. The highest BCUT2D eigenvalue weighted by Gasteiger charge is 2.26. The number of ether oxygens (including phenoxy) is 1. The van der Waals surface area contributed by atoms with E-state index in [9.17, 15) is 19.9 Å².